The van der Waals surface area contributed by atoms with Gasteiger partial charge in [-0.25, -0.2) is 9.67 Å². The highest BCUT2D eigenvalue weighted by Crippen LogP contribution is 2.21. The third-order valence-electron chi connectivity index (χ3n) is 4.99. The van der Waals surface area contributed by atoms with Gasteiger partial charge in [0, 0.05) is 11.6 Å². The van der Waals surface area contributed by atoms with E-state index < -0.39 is 11.8 Å². The van der Waals surface area contributed by atoms with E-state index in [1.54, 1.807) is 28.9 Å². The van der Waals surface area contributed by atoms with E-state index in [4.69, 9.17) is 4.42 Å². The van der Waals surface area contributed by atoms with Gasteiger partial charge in [-0.05, 0) is 24.3 Å². The zero-order valence-corrected chi connectivity index (χ0v) is 17.6. The predicted octanol–water partition coefficient (Wildman–Crippen LogP) is 3.12. The molecule has 0 bridgehead atoms. The van der Waals surface area contributed by atoms with Gasteiger partial charge in [0.05, 0.1) is 11.1 Å². The maximum absolute atomic E-state index is 12.7. The summed E-state index contributed by atoms with van der Waals surface area (Å²) in [6, 6.07) is 26.2. The Labute approximate surface area is 192 Å². The van der Waals surface area contributed by atoms with E-state index >= 15 is 0 Å². The highest BCUT2D eigenvalue weighted by molar-refractivity contribution is 5.97. The summed E-state index contributed by atoms with van der Waals surface area (Å²) in [4.78, 5) is 41.8. The van der Waals surface area contributed by atoms with Crippen molar-refractivity contribution in [2.75, 3.05) is 0 Å². The number of aromatic nitrogens is 3. The maximum atomic E-state index is 12.7. The van der Waals surface area contributed by atoms with Crippen molar-refractivity contribution in [3.05, 3.63) is 113 Å². The Balaban J connectivity index is 1.39. The fraction of sp³-hybridized carbons (Fsp3) is 0. The second-order valence-electron chi connectivity index (χ2n) is 7.25. The monoisotopic (exact) mass is 451 g/mol. The molecule has 2 aromatic heterocycles. The molecule has 2 amide bonds. The van der Waals surface area contributed by atoms with Crippen LogP contribution in [0.25, 0.3) is 28.0 Å². The Morgan fingerprint density at radius 3 is 2.21 bits per heavy atom. The number of carbonyl (C=O) groups excluding carboxylic acids is 2. The van der Waals surface area contributed by atoms with Crippen molar-refractivity contribution in [1.29, 1.82) is 0 Å². The molecule has 9 heteroatoms. The third-order valence-corrected chi connectivity index (χ3v) is 4.99. The van der Waals surface area contributed by atoms with Crippen molar-refractivity contribution in [2.24, 2.45) is 0 Å². The molecule has 9 nitrogen and oxygen atoms in total. The molecule has 0 unspecified atom stereocenters. The lowest BCUT2D eigenvalue weighted by Gasteiger charge is -2.06. The zero-order valence-electron chi connectivity index (χ0n) is 17.6. The summed E-state index contributed by atoms with van der Waals surface area (Å²) in [6.07, 6.45) is 0. The van der Waals surface area contributed by atoms with Crippen molar-refractivity contribution in [3.8, 4) is 17.1 Å². The average molecular weight is 451 g/mol. The lowest BCUT2D eigenvalue weighted by molar-refractivity contribution is 0.0826. The van der Waals surface area contributed by atoms with Crippen LogP contribution in [-0.2, 0) is 0 Å². The van der Waals surface area contributed by atoms with Gasteiger partial charge in [-0.2, -0.15) is 0 Å². The molecule has 2 N–H and O–H groups in total. The van der Waals surface area contributed by atoms with Crippen LogP contribution in [0.1, 0.15) is 21.2 Å². The Bertz CT molecular complexity index is 1500. The van der Waals surface area contributed by atoms with Crippen molar-refractivity contribution < 1.29 is 14.0 Å². The fourth-order valence-electron chi connectivity index (χ4n) is 3.38. The number of amides is 2. The van der Waals surface area contributed by atoms with Crippen LogP contribution in [0.3, 0.4) is 0 Å². The molecule has 34 heavy (non-hydrogen) atoms. The van der Waals surface area contributed by atoms with Gasteiger partial charge < -0.3 is 4.42 Å². The fourth-order valence-corrected chi connectivity index (χ4v) is 3.38. The van der Waals surface area contributed by atoms with E-state index in [0.717, 1.165) is 17.3 Å². The maximum Gasteiger partial charge on any atom is 0.309 e. The van der Waals surface area contributed by atoms with Crippen LogP contribution in [0.15, 0.2) is 100 Å². The SMILES string of the molecule is O=C(NNC(=O)c1cc(=O)c2ccccc2o1)c1nc(-c2ccccc2)n(-c2ccccc2)n1. The quantitative estimate of drug-likeness (QED) is 0.405. The summed E-state index contributed by atoms with van der Waals surface area (Å²) in [5.74, 6) is -1.45. The largest absolute Gasteiger partial charge is 0.451 e. The molecule has 0 radical (unpaired) electrons. The first-order valence-corrected chi connectivity index (χ1v) is 10.3. The van der Waals surface area contributed by atoms with Gasteiger partial charge in [-0.3, -0.25) is 25.2 Å². The molecule has 0 spiro atoms. The second kappa shape index (κ2) is 8.83. The Hall–Kier alpha value is -5.05. The number of fused-ring (bicyclic) bond motifs is 1. The van der Waals surface area contributed by atoms with E-state index in [9.17, 15) is 14.4 Å². The Morgan fingerprint density at radius 1 is 0.794 bits per heavy atom. The number of nitrogens with zero attached hydrogens (tertiary/aromatic N) is 3. The Kier molecular flexibility index (Phi) is 5.41. The highest BCUT2D eigenvalue weighted by Gasteiger charge is 2.20. The normalized spacial score (nSPS) is 10.7. The van der Waals surface area contributed by atoms with Crippen molar-refractivity contribution in [1.82, 2.24) is 25.6 Å². The highest BCUT2D eigenvalue weighted by atomic mass is 16.3. The topological polar surface area (TPSA) is 119 Å². The number of rotatable bonds is 4. The van der Waals surface area contributed by atoms with Crippen molar-refractivity contribution in [2.45, 2.75) is 0 Å². The van der Waals surface area contributed by atoms with Gasteiger partial charge in [0.1, 0.15) is 5.58 Å². The first kappa shape index (κ1) is 20.8. The van der Waals surface area contributed by atoms with Gasteiger partial charge in [0.2, 0.25) is 5.82 Å². The van der Waals surface area contributed by atoms with Gasteiger partial charge in [-0.1, -0.05) is 60.7 Å². The van der Waals surface area contributed by atoms with E-state index in [2.05, 4.69) is 20.9 Å². The van der Waals surface area contributed by atoms with Crippen LogP contribution in [0.2, 0.25) is 0 Å². The standard InChI is InChI=1S/C25H17N5O4/c31-19-15-21(34-20-14-8-7-13-18(19)20)24(32)27-28-25(33)22-26-23(16-9-3-1-4-10-16)30(29-22)17-11-5-2-6-12-17/h1-15H,(H,27,32)(H,28,33). The second-order valence-corrected chi connectivity index (χ2v) is 7.25. The average Bonchev–Trinajstić information content (AvgIpc) is 3.34. The molecule has 0 fully saturated rings. The minimum Gasteiger partial charge on any atom is -0.451 e. The predicted molar refractivity (Wildman–Crippen MR) is 124 cm³/mol. The smallest absolute Gasteiger partial charge is 0.309 e. The molecular weight excluding hydrogens is 434 g/mol. The summed E-state index contributed by atoms with van der Waals surface area (Å²) in [5, 5.41) is 4.69. The molecule has 2 heterocycles. The van der Waals surface area contributed by atoms with Crippen LogP contribution in [-0.4, -0.2) is 26.6 Å². The van der Waals surface area contributed by atoms with Crippen LogP contribution >= 0.6 is 0 Å². The minimum absolute atomic E-state index is 0.150. The molecule has 166 valence electrons. The van der Waals surface area contributed by atoms with E-state index in [0.29, 0.717) is 11.2 Å². The summed E-state index contributed by atoms with van der Waals surface area (Å²) in [5.41, 5.74) is 5.89. The molecule has 5 aromatic rings. The molecule has 0 atom stereocenters. The molecular formula is C25H17N5O4. The van der Waals surface area contributed by atoms with Crippen molar-refractivity contribution >= 4 is 22.8 Å². The van der Waals surface area contributed by atoms with Gasteiger partial charge in [-0.15, -0.1) is 5.10 Å². The molecule has 0 saturated heterocycles. The van der Waals surface area contributed by atoms with Crippen LogP contribution in [0.5, 0.6) is 0 Å². The molecule has 5 rings (SSSR count). The zero-order chi connectivity index (χ0) is 23.5. The van der Waals surface area contributed by atoms with E-state index in [1.165, 1.54) is 0 Å². The molecule has 3 aromatic carbocycles. The molecule has 0 aliphatic heterocycles. The minimum atomic E-state index is -0.790. The number of para-hydroxylation sites is 2. The van der Waals surface area contributed by atoms with Crippen LogP contribution in [0, 0.1) is 0 Å². The number of hydrogen-bond acceptors (Lipinski definition) is 6. The summed E-state index contributed by atoms with van der Waals surface area (Å²) in [7, 11) is 0. The first-order chi connectivity index (χ1) is 16.6. The molecule has 0 saturated carbocycles. The first-order valence-electron chi connectivity index (χ1n) is 10.3. The number of hydrogen-bond donors (Lipinski definition) is 2. The van der Waals surface area contributed by atoms with Gasteiger partial charge in [0.25, 0.3) is 0 Å². The lowest BCUT2D eigenvalue weighted by atomic mass is 10.2. The van der Waals surface area contributed by atoms with Crippen LogP contribution in [0.4, 0.5) is 0 Å². The number of hydrazine groups is 1. The number of benzene rings is 3. The van der Waals surface area contributed by atoms with E-state index in [-0.39, 0.29) is 22.6 Å². The summed E-state index contributed by atoms with van der Waals surface area (Å²) in [6.45, 7) is 0. The van der Waals surface area contributed by atoms with Gasteiger partial charge in [0.15, 0.2) is 17.0 Å². The lowest BCUT2D eigenvalue weighted by Crippen LogP contribution is -2.42. The van der Waals surface area contributed by atoms with Crippen LogP contribution < -0.4 is 16.3 Å². The number of nitrogens with one attached hydrogen (secondary N) is 2. The van der Waals surface area contributed by atoms with Gasteiger partial charge >= 0.3 is 11.8 Å². The molecule has 0 aliphatic rings. The third kappa shape index (κ3) is 4.05. The van der Waals surface area contributed by atoms with E-state index in [1.807, 2.05) is 60.7 Å². The summed E-state index contributed by atoms with van der Waals surface area (Å²) >= 11 is 0. The number of carbonyl (C=O) groups is 2. The summed E-state index contributed by atoms with van der Waals surface area (Å²) < 4.78 is 7.03. The molecule has 0 aliphatic carbocycles. The Morgan fingerprint density at radius 2 is 1.44 bits per heavy atom. The van der Waals surface area contributed by atoms with Crippen molar-refractivity contribution in [3.63, 3.8) is 0 Å².